The van der Waals surface area contributed by atoms with Crippen LogP contribution in [0.2, 0.25) is 0 Å². The zero-order valence-electron chi connectivity index (χ0n) is 21.4. The van der Waals surface area contributed by atoms with Crippen LogP contribution >= 0.6 is 0 Å². The summed E-state index contributed by atoms with van der Waals surface area (Å²) in [6.07, 6.45) is 3.42. The van der Waals surface area contributed by atoms with Crippen molar-refractivity contribution >= 4 is 40.9 Å². The van der Waals surface area contributed by atoms with E-state index >= 15 is 0 Å². The Morgan fingerprint density at radius 1 is 0.868 bits per heavy atom. The van der Waals surface area contributed by atoms with Gasteiger partial charge in [-0.1, -0.05) is 12.1 Å². The minimum atomic E-state index is -1.26. The molecule has 0 aliphatic carbocycles. The van der Waals surface area contributed by atoms with Crippen molar-refractivity contribution in [3.05, 3.63) is 48.6 Å². The lowest BCUT2D eigenvalue weighted by molar-refractivity contribution is -0.134. The van der Waals surface area contributed by atoms with E-state index < -0.39 is 23.9 Å². The summed E-state index contributed by atoms with van der Waals surface area (Å²) in [5.41, 5.74) is 2.28. The number of carboxylic acid groups (broad SMARTS) is 4. The van der Waals surface area contributed by atoms with Crippen molar-refractivity contribution < 1.29 is 44.3 Å². The number of ether oxygens (including phenoxy) is 1. The Morgan fingerprint density at radius 2 is 1.42 bits per heavy atom. The fourth-order valence-corrected chi connectivity index (χ4v) is 3.36. The number of hydrogen-bond acceptors (Lipinski definition) is 8. The number of carboxylic acids is 4. The maximum Gasteiger partial charge on any atom is 0.328 e. The predicted octanol–water partition coefficient (Wildman–Crippen LogP) is 1.64. The van der Waals surface area contributed by atoms with Crippen LogP contribution in [0, 0.1) is 0 Å². The predicted molar refractivity (Wildman–Crippen MR) is 139 cm³/mol. The van der Waals surface area contributed by atoms with E-state index in [0.717, 1.165) is 57.4 Å². The molecule has 1 aliphatic rings. The first-order valence-corrected chi connectivity index (χ1v) is 11.8. The minimum absolute atomic E-state index is 0.558. The largest absolute Gasteiger partial charge is 0.478 e. The third-order valence-corrected chi connectivity index (χ3v) is 5.04. The number of likely N-dealkylation sites (N-methyl/N-ethyl adjacent to an activating group) is 1. The van der Waals surface area contributed by atoms with Crippen LogP contribution in [0.4, 0.5) is 5.95 Å². The van der Waals surface area contributed by atoms with Crippen LogP contribution in [-0.4, -0.2) is 105 Å². The molecule has 0 radical (unpaired) electrons. The molecule has 0 bridgehead atoms. The van der Waals surface area contributed by atoms with Crippen molar-refractivity contribution in [1.82, 2.24) is 14.5 Å². The molecule has 1 aromatic carbocycles. The van der Waals surface area contributed by atoms with E-state index in [2.05, 4.69) is 45.7 Å². The number of fused-ring (bicyclic) bond motifs is 1. The maximum atomic E-state index is 9.55. The smallest absolute Gasteiger partial charge is 0.328 e. The summed E-state index contributed by atoms with van der Waals surface area (Å²) in [6, 6.07) is 8.39. The molecule has 3 rings (SSSR count). The van der Waals surface area contributed by atoms with Crippen molar-refractivity contribution in [1.29, 1.82) is 0 Å². The molecular formula is C25H34N4O9. The zero-order valence-corrected chi connectivity index (χ0v) is 21.4. The lowest BCUT2D eigenvalue weighted by Gasteiger charge is -2.23. The van der Waals surface area contributed by atoms with Crippen LogP contribution in [0.15, 0.2) is 48.6 Å². The number of aromatic nitrogens is 2. The van der Waals surface area contributed by atoms with Crippen molar-refractivity contribution in [2.24, 2.45) is 0 Å². The Bertz CT molecular complexity index is 1060. The SMILES string of the molecule is CCOCCn1c(N2CCCN(C)CC2)nc2ccccc21.O=C(O)/C=C/C(=O)O.O=C(O)/C=C/C(=O)O. The minimum Gasteiger partial charge on any atom is -0.478 e. The first kappa shape index (κ1) is 31.8. The Balaban J connectivity index is 0.000000374. The highest BCUT2D eigenvalue weighted by molar-refractivity contribution is 5.90. The summed E-state index contributed by atoms with van der Waals surface area (Å²) in [4.78, 5) is 47.9. The molecule has 4 N–H and O–H groups in total. The third kappa shape index (κ3) is 12.6. The van der Waals surface area contributed by atoms with Gasteiger partial charge in [-0.3, -0.25) is 0 Å². The van der Waals surface area contributed by atoms with Gasteiger partial charge >= 0.3 is 23.9 Å². The van der Waals surface area contributed by atoms with E-state index in [9.17, 15) is 19.2 Å². The van der Waals surface area contributed by atoms with E-state index in [1.165, 1.54) is 11.9 Å². The van der Waals surface area contributed by atoms with Crippen molar-refractivity contribution in [3.63, 3.8) is 0 Å². The van der Waals surface area contributed by atoms with Gasteiger partial charge in [-0.05, 0) is 39.1 Å². The number of anilines is 1. The number of aliphatic carboxylic acids is 4. The number of hydrogen-bond donors (Lipinski definition) is 4. The van der Waals surface area contributed by atoms with E-state index in [1.54, 1.807) is 0 Å². The molecule has 208 valence electrons. The molecule has 2 heterocycles. The van der Waals surface area contributed by atoms with Gasteiger partial charge in [0, 0.05) is 57.1 Å². The third-order valence-electron chi connectivity index (χ3n) is 5.04. The molecular weight excluding hydrogens is 500 g/mol. The van der Waals surface area contributed by atoms with Crippen LogP contribution in [0.1, 0.15) is 13.3 Å². The Labute approximate surface area is 219 Å². The summed E-state index contributed by atoms with van der Waals surface area (Å²) in [7, 11) is 2.20. The molecule has 0 saturated carbocycles. The maximum absolute atomic E-state index is 9.55. The monoisotopic (exact) mass is 534 g/mol. The lowest BCUT2D eigenvalue weighted by Crippen LogP contribution is -2.31. The standard InChI is InChI=1S/C17H26N4O.2C4H4O4/c1-3-22-14-13-21-16-8-5-4-7-15(16)18-17(21)20-10-6-9-19(2)11-12-20;2*5-3(6)1-2-4(7)8/h4-5,7-8H,3,6,9-14H2,1-2H3;2*1-2H,(H,5,6)(H,7,8)/b;2*2-1+. The first-order valence-electron chi connectivity index (χ1n) is 11.8. The molecule has 0 unspecified atom stereocenters. The van der Waals surface area contributed by atoms with Crippen molar-refractivity contribution in [2.75, 3.05) is 51.3 Å². The number of benzene rings is 1. The number of imidazole rings is 1. The number of rotatable bonds is 9. The Kier molecular flexibility index (Phi) is 14.4. The molecule has 0 atom stereocenters. The average Bonchev–Trinajstić information content (AvgIpc) is 3.08. The Morgan fingerprint density at radius 3 is 1.95 bits per heavy atom. The summed E-state index contributed by atoms with van der Waals surface area (Å²) >= 11 is 0. The molecule has 1 aliphatic heterocycles. The molecule has 0 spiro atoms. The number of para-hydroxylation sites is 2. The van der Waals surface area contributed by atoms with Gasteiger partial charge in [-0.15, -0.1) is 0 Å². The lowest BCUT2D eigenvalue weighted by atomic mass is 10.3. The van der Waals surface area contributed by atoms with E-state index in [0.29, 0.717) is 24.3 Å². The van der Waals surface area contributed by atoms with Gasteiger partial charge in [0.15, 0.2) is 0 Å². The van der Waals surface area contributed by atoms with Crippen LogP contribution in [0.5, 0.6) is 0 Å². The van der Waals surface area contributed by atoms with E-state index in [1.807, 2.05) is 6.92 Å². The summed E-state index contributed by atoms with van der Waals surface area (Å²) in [5.74, 6) is -3.93. The fraction of sp³-hybridized carbons (Fsp3) is 0.400. The molecule has 38 heavy (non-hydrogen) atoms. The van der Waals surface area contributed by atoms with Crippen LogP contribution in [-0.2, 0) is 30.5 Å². The van der Waals surface area contributed by atoms with Gasteiger partial charge in [-0.2, -0.15) is 0 Å². The van der Waals surface area contributed by atoms with E-state index in [4.69, 9.17) is 30.1 Å². The second kappa shape index (κ2) is 17.3. The molecule has 1 fully saturated rings. The van der Waals surface area contributed by atoms with Gasteiger partial charge in [-0.25, -0.2) is 24.2 Å². The van der Waals surface area contributed by atoms with Crippen LogP contribution < -0.4 is 4.90 Å². The van der Waals surface area contributed by atoms with Crippen LogP contribution in [0.3, 0.4) is 0 Å². The Hall–Kier alpha value is -4.23. The van der Waals surface area contributed by atoms with Crippen molar-refractivity contribution in [2.45, 2.75) is 19.9 Å². The molecule has 1 aromatic heterocycles. The normalized spacial score (nSPS) is 13.9. The summed E-state index contributed by atoms with van der Waals surface area (Å²) in [6.45, 7) is 8.75. The molecule has 13 nitrogen and oxygen atoms in total. The van der Waals surface area contributed by atoms with Gasteiger partial charge in [0.1, 0.15) is 0 Å². The number of nitrogens with zero attached hydrogens (tertiary/aromatic N) is 4. The van der Waals surface area contributed by atoms with E-state index in [-0.39, 0.29) is 0 Å². The quantitative estimate of drug-likeness (QED) is 0.270. The van der Waals surface area contributed by atoms with Gasteiger partial charge < -0.3 is 39.5 Å². The van der Waals surface area contributed by atoms with Crippen molar-refractivity contribution in [3.8, 4) is 0 Å². The molecule has 13 heteroatoms. The molecule has 2 aromatic rings. The fourth-order valence-electron chi connectivity index (χ4n) is 3.36. The van der Waals surface area contributed by atoms with Gasteiger partial charge in [0.2, 0.25) is 5.95 Å². The highest BCUT2D eigenvalue weighted by Gasteiger charge is 2.19. The highest BCUT2D eigenvalue weighted by Crippen LogP contribution is 2.23. The molecule has 1 saturated heterocycles. The second-order valence-electron chi connectivity index (χ2n) is 7.91. The van der Waals surface area contributed by atoms with Gasteiger partial charge in [0.25, 0.3) is 0 Å². The zero-order chi connectivity index (χ0) is 28.5. The second-order valence-corrected chi connectivity index (χ2v) is 7.91. The number of carbonyl (C=O) groups is 4. The highest BCUT2D eigenvalue weighted by atomic mass is 16.5. The van der Waals surface area contributed by atoms with Gasteiger partial charge in [0.05, 0.1) is 17.6 Å². The average molecular weight is 535 g/mol. The van der Waals surface area contributed by atoms with Crippen LogP contribution in [0.25, 0.3) is 11.0 Å². The first-order chi connectivity index (χ1) is 18.0. The topological polar surface area (TPSA) is 183 Å². The summed E-state index contributed by atoms with van der Waals surface area (Å²) in [5, 5.41) is 31.2. The molecule has 0 amide bonds. The summed E-state index contributed by atoms with van der Waals surface area (Å²) < 4.78 is 7.88.